The zero-order valence-corrected chi connectivity index (χ0v) is 65.2. The first-order chi connectivity index (χ1) is 44.3. The van der Waals surface area contributed by atoms with Crippen LogP contribution in [0.5, 0.6) is 0 Å². The van der Waals surface area contributed by atoms with Crippen LogP contribution in [0.15, 0.2) is 170 Å². The first kappa shape index (κ1) is 49.1. The van der Waals surface area contributed by atoms with Crippen LogP contribution in [-0.4, -0.2) is 47.0 Å². The molecular weight excluding hydrogens is 1360 g/mol. The molecule has 36 rings (SSSR count). The molecule has 26 unspecified atom stereocenters. The van der Waals surface area contributed by atoms with Crippen molar-refractivity contribution in [3.63, 3.8) is 0 Å². The van der Waals surface area contributed by atoms with Gasteiger partial charge in [0.25, 0.3) is 0 Å². The Hall–Kier alpha value is -0.542. The van der Waals surface area contributed by atoms with Crippen molar-refractivity contribution in [2.24, 2.45) is 0 Å². The number of rotatable bonds is 18. The molecule has 3 spiro atoms. The summed E-state index contributed by atoms with van der Waals surface area (Å²) in [5.74, 6) is 1.37. The SMILES string of the molecule is CC(C)P(C(C)C)[C]12[CH]3[CH]4[CH]5[CH]1[Fe]45321678[CH]2[CH]1[CH]6[C]7(P(C(C)C)C(C)C)[CH]28.CC(C)c1ccccc1P[C]12[CH]3[CH]4[CH]5[CH]1[Fe]45321678[CH]2[CH]1[CH]6[C]7(Pc1ccccc1C(C)C)[CH]28.c1ccc(P(c2ccccc2)[C]23[CH]4[CH]5[CH]6[CH]2[Fe]56432789[CH]3[CH]2[CH]7[C]8(P(c2ccccc2)c2ccccc2)[CH]39)cc1. The molecule has 0 saturated carbocycles. The molecule has 0 nitrogen and oxygen atoms in total. The Bertz CT molecular complexity index is 5800. The second-order valence-electron chi connectivity index (χ2n) is 46.1. The van der Waals surface area contributed by atoms with E-state index in [1.807, 2.05) is 10.6 Å². The van der Waals surface area contributed by atoms with Gasteiger partial charge in [-0.15, -0.1) is 0 Å². The van der Waals surface area contributed by atoms with Gasteiger partial charge in [0.2, 0.25) is 0 Å². The van der Waals surface area contributed by atoms with Gasteiger partial charge in [-0.2, -0.15) is 0 Å². The monoisotopic (exact) mass is 1460 g/mol. The van der Waals surface area contributed by atoms with Crippen molar-refractivity contribution in [1.82, 2.24) is 0 Å². The van der Waals surface area contributed by atoms with E-state index in [-0.39, 0.29) is 15.8 Å². The van der Waals surface area contributed by atoms with Crippen molar-refractivity contribution >= 4 is 80.7 Å². The van der Waals surface area contributed by atoms with Crippen LogP contribution in [0.1, 0.15) is 106 Å². The van der Waals surface area contributed by atoms with E-state index < -0.39 is 19.5 Å². The average Bonchev–Trinajstić information content (AvgIpc) is 1.04. The number of hydrogen-bond donors (Lipinski definition) is 0. The summed E-state index contributed by atoms with van der Waals surface area (Å²) < 4.78 is 5.87. The third-order valence-electron chi connectivity index (χ3n) is 55.7. The van der Waals surface area contributed by atoms with Gasteiger partial charge in [-0.3, -0.25) is 0 Å². The third-order valence-corrected chi connectivity index (χ3v) is 226. The molecule has 6 aromatic rings. The van der Waals surface area contributed by atoms with Crippen molar-refractivity contribution in [2.45, 2.75) is 257 Å². The molecule has 0 radical (unpaired) electrons. The van der Waals surface area contributed by atoms with Crippen LogP contribution < -0.4 is 31.8 Å². The predicted octanol–water partition coefficient (Wildman–Crippen LogP) is 22.7. The van der Waals surface area contributed by atoms with Crippen LogP contribution in [0.25, 0.3) is 0 Å². The molecule has 0 bridgehead atoms. The molecule has 93 heavy (non-hydrogen) atoms. The molecule has 30 heterocycles. The van der Waals surface area contributed by atoms with Crippen molar-refractivity contribution in [3.8, 4) is 0 Å². The zero-order valence-electron chi connectivity index (χ0n) is 56.3. The Morgan fingerprint density at radius 3 is 0.731 bits per heavy atom. The fourth-order valence-electron chi connectivity index (χ4n) is 61.2. The van der Waals surface area contributed by atoms with Gasteiger partial charge in [-0.25, -0.2) is 0 Å². The molecule has 0 aliphatic carbocycles. The first-order valence-corrected chi connectivity index (χ1v) is 64.3. The molecule has 30 fully saturated rings. The summed E-state index contributed by atoms with van der Waals surface area (Å²) in [5.41, 5.74) is 7.48. The van der Waals surface area contributed by atoms with Crippen molar-refractivity contribution in [3.05, 3.63) is 181 Å². The summed E-state index contributed by atoms with van der Waals surface area (Å²) >= 11 is 0. The van der Waals surface area contributed by atoms with Crippen LogP contribution in [0.4, 0.5) is 0 Å². The Labute approximate surface area is 533 Å². The molecule has 0 amide bonds. The number of hydrogen-bond acceptors (Lipinski definition) is 0. The van der Waals surface area contributed by atoms with Crippen LogP contribution >= 0.6 is 48.8 Å². The topological polar surface area (TPSA) is 0 Å². The first-order valence-electron chi connectivity index (χ1n) is 38.0. The van der Waals surface area contributed by atoms with Gasteiger partial charge in [-0.05, 0) is 0 Å². The van der Waals surface area contributed by atoms with Crippen LogP contribution in [0.3, 0.4) is 0 Å². The fraction of sp³-hybridized carbons (Fsp3) is 0.571. The maximum absolute atomic E-state index is 3.82. The van der Waals surface area contributed by atoms with Gasteiger partial charge in [-0.1, -0.05) is 0 Å². The Morgan fingerprint density at radius 2 is 0.495 bits per heavy atom. The molecule has 486 valence electrons. The molecular formula is C84H96Fe3P6. The molecule has 30 saturated heterocycles. The molecule has 6 aromatic carbocycles. The van der Waals surface area contributed by atoms with Gasteiger partial charge in [0, 0.05) is 0 Å². The molecule has 9 heteroatoms. The van der Waals surface area contributed by atoms with Crippen molar-refractivity contribution in [1.29, 1.82) is 0 Å². The van der Waals surface area contributed by atoms with Gasteiger partial charge in [0.15, 0.2) is 0 Å². The predicted molar refractivity (Wildman–Crippen MR) is 396 cm³/mol. The van der Waals surface area contributed by atoms with Crippen LogP contribution in [0, 0.1) is 0 Å². The van der Waals surface area contributed by atoms with Gasteiger partial charge in [0.1, 0.15) is 0 Å². The normalized spacial score (nSPS) is 73.8. The standard InChI is InChI=1S/2C17H14P.2C14H16P.2C11H18P.3Fe/c2*1-3-9-15(10-4-1)18(17-13-7-8-14-17)16-11-5-2-6-12-16;2*1-11(2)13-9-5-6-10-14(13)15-12-7-3-4-8-12;2*1-9(2)12(10(3)4)11-7-5-6-8-11;;;/h2*1-14H;2*3-11,15H,1-2H3;2*5-10H,1-4H3;;;. The summed E-state index contributed by atoms with van der Waals surface area (Å²) in [6, 6.07) is 67.4. The Kier molecular flexibility index (Phi) is 3.71. The molecule has 0 N–H and O–H groups in total. The van der Waals surface area contributed by atoms with Crippen molar-refractivity contribution < 1.29 is 19.5 Å². The quantitative estimate of drug-likeness (QED) is 0.0594. The number of fused-ring (bicyclic) bond motifs is 30. The molecule has 26 atom stereocenters. The summed E-state index contributed by atoms with van der Waals surface area (Å²) in [4.78, 5) is 33.2. The van der Waals surface area contributed by atoms with Crippen LogP contribution in [0.2, 0.25) is 116 Å². The van der Waals surface area contributed by atoms with E-state index in [1.54, 1.807) is 32.3 Å². The van der Waals surface area contributed by atoms with Crippen molar-refractivity contribution in [2.75, 3.05) is 0 Å². The minimum absolute atomic E-state index is 0.252. The summed E-state index contributed by atoms with van der Waals surface area (Å²) in [5, 5.41) is 10.5. The van der Waals surface area contributed by atoms with E-state index >= 15 is 0 Å². The Morgan fingerprint density at radius 1 is 0.269 bits per heavy atom. The van der Waals surface area contributed by atoms with E-state index in [2.05, 4.69) is 253 Å². The summed E-state index contributed by atoms with van der Waals surface area (Å²) in [6.45, 7) is 20.5. The van der Waals surface area contributed by atoms with E-state index in [9.17, 15) is 0 Å². The van der Waals surface area contributed by atoms with E-state index in [1.165, 1.54) is 133 Å². The Balaban J connectivity index is 0.0000000745. The van der Waals surface area contributed by atoms with E-state index in [4.69, 9.17) is 0 Å². The van der Waals surface area contributed by atoms with Crippen LogP contribution in [-0.2, 0) is 19.5 Å². The average molecular weight is 1460 g/mol. The second-order valence-corrected chi connectivity index (χ2v) is 134. The second kappa shape index (κ2) is 7.02. The third kappa shape index (κ3) is 1.13. The van der Waals surface area contributed by atoms with E-state index in [0.717, 1.165) is 47.0 Å². The summed E-state index contributed by atoms with van der Waals surface area (Å²) in [7, 11) is 2.54. The molecule has 0 aromatic heterocycles. The van der Waals surface area contributed by atoms with Gasteiger partial charge >= 0.3 is 539 Å². The van der Waals surface area contributed by atoms with E-state index in [0.29, 0.717) is 27.7 Å². The zero-order chi connectivity index (χ0) is 61.4. The van der Waals surface area contributed by atoms with Gasteiger partial charge in [0.05, 0.1) is 0 Å². The summed E-state index contributed by atoms with van der Waals surface area (Å²) in [6.07, 6.45) is 0. The maximum atomic E-state index is 2.65. The molecule has 30 aliphatic heterocycles. The number of benzene rings is 6. The minimum atomic E-state index is -3.82. The van der Waals surface area contributed by atoms with Gasteiger partial charge < -0.3 is 0 Å². The molecule has 30 aliphatic rings. The fourth-order valence-corrected chi connectivity index (χ4v) is 376.